The smallest absolute Gasteiger partial charge is 0.339 e. The summed E-state index contributed by atoms with van der Waals surface area (Å²) in [7, 11) is 0. The van der Waals surface area contributed by atoms with E-state index in [9.17, 15) is 9.59 Å². The topological polar surface area (TPSA) is 52.6 Å². The molecule has 156 valence electrons. The largest absolute Gasteiger partial charge is 0.462 e. The molecule has 0 unspecified atom stereocenters. The number of carbonyl (C=O) groups excluding carboxylic acids is 2. The van der Waals surface area contributed by atoms with Crippen molar-refractivity contribution in [3.8, 4) is 0 Å². The van der Waals surface area contributed by atoms with E-state index in [-0.39, 0.29) is 17.7 Å². The van der Waals surface area contributed by atoms with E-state index >= 15 is 0 Å². The normalized spacial score (nSPS) is 10.5. The average Bonchev–Trinajstić information content (AvgIpc) is 2.76. The maximum atomic E-state index is 12.4. The quantitative estimate of drug-likeness (QED) is 0.308. The number of hydrogen-bond acceptors (Lipinski definition) is 4. The van der Waals surface area contributed by atoms with Gasteiger partial charge in [0, 0.05) is 6.42 Å². The van der Waals surface area contributed by atoms with Crippen molar-refractivity contribution < 1.29 is 19.1 Å². The molecule has 0 aromatic heterocycles. The third-order valence-electron chi connectivity index (χ3n) is 4.81. The van der Waals surface area contributed by atoms with Gasteiger partial charge in [0.05, 0.1) is 24.3 Å². The zero-order valence-electron chi connectivity index (χ0n) is 17.4. The lowest BCUT2D eigenvalue weighted by atomic mass is 10.1. The summed E-state index contributed by atoms with van der Waals surface area (Å²) in [6.07, 6.45) is 8.75. The number of esters is 2. The fourth-order valence-electron chi connectivity index (χ4n) is 3.12. The molecule has 0 fully saturated rings. The van der Waals surface area contributed by atoms with E-state index in [1.54, 1.807) is 24.3 Å². The van der Waals surface area contributed by atoms with Crippen LogP contribution < -0.4 is 0 Å². The summed E-state index contributed by atoms with van der Waals surface area (Å²) in [5.41, 5.74) is 1.62. The van der Waals surface area contributed by atoms with Crippen molar-refractivity contribution in [2.75, 3.05) is 13.2 Å². The highest BCUT2D eigenvalue weighted by Gasteiger charge is 2.18. The van der Waals surface area contributed by atoms with E-state index in [2.05, 4.69) is 6.92 Å². The summed E-state index contributed by atoms with van der Waals surface area (Å²) in [6, 6.07) is 16.5. The molecule has 4 nitrogen and oxygen atoms in total. The van der Waals surface area contributed by atoms with Crippen LogP contribution in [0.25, 0.3) is 0 Å². The second kappa shape index (κ2) is 13.5. The number of hydrogen-bond donors (Lipinski definition) is 0. The lowest BCUT2D eigenvalue weighted by Crippen LogP contribution is -2.15. The van der Waals surface area contributed by atoms with Crippen LogP contribution in [-0.2, 0) is 15.9 Å². The predicted molar refractivity (Wildman–Crippen MR) is 115 cm³/mol. The average molecular weight is 397 g/mol. The second-order valence-electron chi connectivity index (χ2n) is 7.17. The van der Waals surface area contributed by atoms with Crippen molar-refractivity contribution >= 4 is 11.9 Å². The first-order valence-electron chi connectivity index (χ1n) is 10.7. The molecule has 0 spiro atoms. The van der Waals surface area contributed by atoms with Crippen LogP contribution in [0.1, 0.15) is 78.1 Å². The predicted octanol–water partition coefficient (Wildman–Crippen LogP) is 5.99. The molecule has 0 atom stereocenters. The van der Waals surface area contributed by atoms with Crippen molar-refractivity contribution in [3.05, 3.63) is 71.3 Å². The van der Waals surface area contributed by atoms with Crippen molar-refractivity contribution in [2.24, 2.45) is 0 Å². The van der Waals surface area contributed by atoms with Gasteiger partial charge >= 0.3 is 11.9 Å². The third-order valence-corrected chi connectivity index (χ3v) is 4.81. The molecular formula is C25H32O4. The number of ether oxygens (including phenoxy) is 2. The van der Waals surface area contributed by atoms with Gasteiger partial charge in [0.1, 0.15) is 0 Å². The molecule has 0 N–H and O–H groups in total. The maximum Gasteiger partial charge on any atom is 0.339 e. The second-order valence-corrected chi connectivity index (χ2v) is 7.17. The molecule has 4 heteroatoms. The molecule has 0 saturated carbocycles. The van der Waals surface area contributed by atoms with E-state index < -0.39 is 11.9 Å². The molecule has 2 aromatic rings. The number of rotatable bonds is 13. The first-order valence-corrected chi connectivity index (χ1v) is 10.7. The van der Waals surface area contributed by atoms with E-state index in [1.807, 2.05) is 30.3 Å². The van der Waals surface area contributed by atoms with Gasteiger partial charge in [-0.15, -0.1) is 0 Å². The molecule has 0 aliphatic heterocycles. The molecule has 0 saturated heterocycles. The fraction of sp³-hybridized carbons (Fsp3) is 0.440. The summed E-state index contributed by atoms with van der Waals surface area (Å²) < 4.78 is 10.7. The Labute approximate surface area is 174 Å². The van der Waals surface area contributed by atoms with Gasteiger partial charge in [-0.3, -0.25) is 0 Å². The van der Waals surface area contributed by atoms with Crippen LogP contribution in [0.2, 0.25) is 0 Å². The molecule has 0 amide bonds. The highest BCUT2D eigenvalue weighted by atomic mass is 16.5. The highest BCUT2D eigenvalue weighted by Crippen LogP contribution is 2.13. The van der Waals surface area contributed by atoms with Crippen LogP contribution in [0.15, 0.2) is 54.6 Å². The van der Waals surface area contributed by atoms with Gasteiger partial charge in [0.2, 0.25) is 0 Å². The molecule has 0 bridgehead atoms. The molecule has 0 heterocycles. The van der Waals surface area contributed by atoms with Crippen molar-refractivity contribution in [1.29, 1.82) is 0 Å². The first-order chi connectivity index (χ1) is 14.2. The Bertz CT molecular complexity index is 739. The van der Waals surface area contributed by atoms with Gasteiger partial charge in [-0.25, -0.2) is 9.59 Å². The Morgan fingerprint density at radius 2 is 1.17 bits per heavy atom. The molecular weight excluding hydrogens is 364 g/mol. The SMILES string of the molecule is CCCCCCCCCOC(=O)c1ccccc1C(=O)OCCc1ccccc1. The molecule has 0 aliphatic rings. The van der Waals surface area contributed by atoms with Gasteiger partial charge < -0.3 is 9.47 Å². The Morgan fingerprint density at radius 3 is 1.79 bits per heavy atom. The van der Waals surface area contributed by atoms with Gasteiger partial charge in [-0.05, 0) is 24.1 Å². The van der Waals surface area contributed by atoms with Crippen molar-refractivity contribution in [3.63, 3.8) is 0 Å². The fourth-order valence-corrected chi connectivity index (χ4v) is 3.12. The van der Waals surface area contributed by atoms with Crippen LogP contribution in [-0.4, -0.2) is 25.2 Å². The van der Waals surface area contributed by atoms with E-state index in [4.69, 9.17) is 9.47 Å². The molecule has 2 rings (SSSR count). The van der Waals surface area contributed by atoms with Crippen molar-refractivity contribution in [2.45, 2.75) is 58.3 Å². The Morgan fingerprint density at radius 1 is 0.655 bits per heavy atom. The first kappa shape index (κ1) is 22.7. The van der Waals surface area contributed by atoms with E-state index in [0.29, 0.717) is 13.0 Å². The highest BCUT2D eigenvalue weighted by molar-refractivity contribution is 6.03. The van der Waals surface area contributed by atoms with Crippen LogP contribution in [0.4, 0.5) is 0 Å². The van der Waals surface area contributed by atoms with E-state index in [0.717, 1.165) is 18.4 Å². The van der Waals surface area contributed by atoms with Gasteiger partial charge in [-0.2, -0.15) is 0 Å². The summed E-state index contributed by atoms with van der Waals surface area (Å²) in [5.74, 6) is -0.962. The minimum Gasteiger partial charge on any atom is -0.462 e. The molecule has 0 aliphatic carbocycles. The standard InChI is InChI=1S/C25H32O4/c1-2-3-4-5-6-7-13-19-28-24(26)22-16-11-12-17-23(22)25(27)29-20-18-21-14-9-8-10-15-21/h8-12,14-17H,2-7,13,18-20H2,1H3. The van der Waals surface area contributed by atoms with Gasteiger partial charge in [-0.1, -0.05) is 87.9 Å². The maximum absolute atomic E-state index is 12.4. The van der Waals surface area contributed by atoms with E-state index in [1.165, 1.54) is 32.1 Å². The minimum atomic E-state index is -0.496. The Balaban J connectivity index is 1.76. The zero-order chi connectivity index (χ0) is 20.7. The Hall–Kier alpha value is -2.62. The summed E-state index contributed by atoms with van der Waals surface area (Å²) in [4.78, 5) is 24.8. The van der Waals surface area contributed by atoms with Gasteiger partial charge in [0.15, 0.2) is 0 Å². The number of unbranched alkanes of at least 4 members (excludes halogenated alkanes) is 6. The van der Waals surface area contributed by atoms with Crippen LogP contribution >= 0.6 is 0 Å². The van der Waals surface area contributed by atoms with Crippen LogP contribution in [0, 0.1) is 0 Å². The minimum absolute atomic E-state index is 0.255. The summed E-state index contributed by atoms with van der Waals surface area (Å²) in [5, 5.41) is 0. The lowest BCUT2D eigenvalue weighted by Gasteiger charge is -2.10. The Kier molecular flexibility index (Phi) is 10.6. The summed E-state index contributed by atoms with van der Waals surface area (Å²) in [6.45, 7) is 2.85. The van der Waals surface area contributed by atoms with Crippen LogP contribution in [0.5, 0.6) is 0 Å². The molecule has 0 radical (unpaired) electrons. The molecule has 29 heavy (non-hydrogen) atoms. The third kappa shape index (κ3) is 8.51. The number of benzene rings is 2. The van der Waals surface area contributed by atoms with Crippen LogP contribution in [0.3, 0.4) is 0 Å². The summed E-state index contributed by atoms with van der Waals surface area (Å²) >= 11 is 0. The van der Waals surface area contributed by atoms with Crippen molar-refractivity contribution in [1.82, 2.24) is 0 Å². The zero-order valence-corrected chi connectivity index (χ0v) is 17.4. The monoisotopic (exact) mass is 396 g/mol. The number of carbonyl (C=O) groups is 2. The lowest BCUT2D eigenvalue weighted by molar-refractivity contribution is 0.0455. The van der Waals surface area contributed by atoms with Gasteiger partial charge in [0.25, 0.3) is 0 Å². The molecule has 2 aromatic carbocycles.